The van der Waals surface area contributed by atoms with Crippen LogP contribution in [0.1, 0.15) is 0 Å². The minimum absolute atomic E-state index is 0.0112. The fourth-order valence-electron chi connectivity index (χ4n) is 9.89. The molecule has 28 radical (unpaired) electrons. The van der Waals surface area contributed by atoms with Crippen LogP contribution < -0.4 is 76.5 Å². The lowest BCUT2D eigenvalue weighted by Crippen LogP contribution is -2.57. The molecule has 20 heteroatoms. The normalized spacial score (nSPS) is 11.9. The zero-order valence-electron chi connectivity index (χ0n) is 37.4. The molecule has 12 aromatic rings. The zero-order valence-corrected chi connectivity index (χ0v) is 37.4. The van der Waals surface area contributed by atoms with Crippen molar-refractivity contribution >= 4 is 252 Å². The maximum absolute atomic E-state index is 7.02. The van der Waals surface area contributed by atoms with Gasteiger partial charge < -0.3 is 13.4 Å². The van der Waals surface area contributed by atoms with E-state index in [1.54, 1.807) is 6.07 Å². The first-order valence-corrected chi connectivity index (χ1v) is 21.9. The molecule has 0 bridgehead atoms. The highest BCUT2D eigenvalue weighted by molar-refractivity contribution is 6.71. The highest BCUT2D eigenvalue weighted by Crippen LogP contribution is 2.43. The second kappa shape index (κ2) is 16.3. The number of aromatic nitrogens is 4. The van der Waals surface area contributed by atoms with Gasteiger partial charge in [0, 0.05) is 43.6 Å². The number of rotatable bonds is 5. The second-order valence-corrected chi connectivity index (χ2v) is 17.4. The Bertz CT molecular complexity index is 4320. The van der Waals surface area contributed by atoms with Gasteiger partial charge in [-0.05, 0) is 53.6 Å². The Labute approximate surface area is 426 Å². The van der Waals surface area contributed by atoms with Crippen molar-refractivity contribution in [1.82, 2.24) is 19.5 Å². The van der Waals surface area contributed by atoms with E-state index in [-0.39, 0.29) is 116 Å². The third-order valence-electron chi connectivity index (χ3n) is 13.5. The van der Waals surface area contributed by atoms with Crippen molar-refractivity contribution in [1.29, 1.82) is 0 Å². The number of nitrogens with zero attached hydrogens (tertiary/aromatic N) is 4. The van der Waals surface area contributed by atoms with Crippen LogP contribution in [0.4, 0.5) is 0 Å². The molecule has 4 aromatic heterocycles. The first-order chi connectivity index (χ1) is 34.1. The van der Waals surface area contributed by atoms with Gasteiger partial charge in [-0.1, -0.05) is 92.8 Å². The fraction of sp³-hybridized carbons (Fsp3) is 0. The van der Waals surface area contributed by atoms with E-state index in [0.717, 1.165) is 60.2 Å². The van der Waals surface area contributed by atoms with Crippen molar-refractivity contribution in [2.24, 2.45) is 0 Å². The van der Waals surface area contributed by atoms with Crippen LogP contribution in [0.3, 0.4) is 0 Å². The third-order valence-corrected chi connectivity index (χ3v) is 13.5. The molecule has 0 saturated carbocycles. The molecule has 0 saturated heterocycles. The minimum Gasteiger partial charge on any atom is -0.456 e. The first-order valence-electron chi connectivity index (χ1n) is 21.9. The van der Waals surface area contributed by atoms with Gasteiger partial charge in [0.15, 0.2) is 23.1 Å². The molecule has 0 aliphatic carbocycles. The van der Waals surface area contributed by atoms with E-state index in [4.69, 9.17) is 134 Å². The van der Waals surface area contributed by atoms with E-state index in [1.807, 2.05) is 54.6 Å². The average molecular weight is 868 g/mol. The van der Waals surface area contributed by atoms with Gasteiger partial charge in [-0.3, -0.25) is 0 Å². The number of hydrogen-bond donors (Lipinski definition) is 0. The minimum atomic E-state index is -0.107. The van der Waals surface area contributed by atoms with Gasteiger partial charge in [0.2, 0.25) is 0 Å². The summed E-state index contributed by atoms with van der Waals surface area (Å²) in [5, 5.41) is 5.78. The summed E-state index contributed by atoms with van der Waals surface area (Å²) in [5.41, 5.74) is 5.30. The summed E-state index contributed by atoms with van der Waals surface area (Å²) in [7, 11) is 91.0. The lowest BCUT2D eigenvalue weighted by molar-refractivity contribution is 0.668. The van der Waals surface area contributed by atoms with Crippen molar-refractivity contribution < 1.29 is 8.83 Å². The number of furan rings is 2. The summed E-state index contributed by atoms with van der Waals surface area (Å²) in [6.45, 7) is 0. The Morgan fingerprint density at radius 2 is 0.817 bits per heavy atom. The fourth-order valence-corrected chi connectivity index (χ4v) is 9.89. The summed E-state index contributed by atoms with van der Waals surface area (Å²) >= 11 is 0. The van der Waals surface area contributed by atoms with Gasteiger partial charge in [-0.15, -0.1) is 38.2 Å². The van der Waals surface area contributed by atoms with Crippen molar-refractivity contribution in [3.8, 4) is 51.0 Å². The topological polar surface area (TPSA) is 69.9 Å². The molecule has 294 valence electrons. The Kier molecular flexibility index (Phi) is 10.4. The molecule has 0 aliphatic heterocycles. The molecule has 8 aromatic carbocycles. The predicted octanol–water partition coefficient (Wildman–Crippen LogP) is -3.45. The standard InChI is InChI=1S/C51H16B14N4O2/c52-33-29(30-35(54)41(60)45(64)42(61)36(30)55)34(53)40(59)37(56)31(33)50-66-49(67-51(68-50)32-38(57)43(62)46(65)44(63)39(32)58)17-12-13-22-27(16-17)70-26-11-5-9-24(28(22)26)69-23-8-3-1-6-18(23)20-14-15-21-19-7-2-4-10-25(19)71-48(21)47(20)69/h1-16H. The monoisotopic (exact) mass is 870 g/mol. The van der Waals surface area contributed by atoms with Crippen LogP contribution in [0.15, 0.2) is 106 Å². The van der Waals surface area contributed by atoms with E-state index in [9.17, 15) is 0 Å². The van der Waals surface area contributed by atoms with E-state index in [0.29, 0.717) is 16.7 Å². The maximum atomic E-state index is 7.02. The molecule has 6 nitrogen and oxygen atoms in total. The van der Waals surface area contributed by atoms with Gasteiger partial charge in [0.25, 0.3) is 0 Å². The van der Waals surface area contributed by atoms with Crippen LogP contribution in [0.5, 0.6) is 0 Å². The molecule has 71 heavy (non-hydrogen) atoms. The second-order valence-electron chi connectivity index (χ2n) is 17.4. The molecule has 12 rings (SSSR count). The van der Waals surface area contributed by atoms with Gasteiger partial charge in [-0.2, -0.15) is 0 Å². The van der Waals surface area contributed by atoms with E-state index >= 15 is 0 Å². The van der Waals surface area contributed by atoms with Crippen LogP contribution in [0, 0.1) is 0 Å². The summed E-state index contributed by atoms with van der Waals surface area (Å²) < 4.78 is 15.6. The third kappa shape index (κ3) is 6.45. The van der Waals surface area contributed by atoms with Crippen LogP contribution in [0.2, 0.25) is 0 Å². The maximum Gasteiger partial charge on any atom is 0.164 e. The first kappa shape index (κ1) is 45.2. The summed E-state index contributed by atoms with van der Waals surface area (Å²) in [4.78, 5) is 14.7. The van der Waals surface area contributed by atoms with Crippen LogP contribution in [-0.2, 0) is 0 Å². The van der Waals surface area contributed by atoms with Gasteiger partial charge in [0.1, 0.15) is 127 Å². The molecular weight excluding hydrogens is 852 g/mol. The van der Waals surface area contributed by atoms with E-state index < -0.39 is 0 Å². The summed E-state index contributed by atoms with van der Waals surface area (Å²) in [6, 6.07) is 32.1. The van der Waals surface area contributed by atoms with Crippen molar-refractivity contribution in [2.75, 3.05) is 0 Å². The van der Waals surface area contributed by atoms with E-state index in [2.05, 4.69) is 41.0 Å². The van der Waals surface area contributed by atoms with Gasteiger partial charge in [0.05, 0.1) is 22.1 Å². The number of fused-ring (bicyclic) bond motifs is 10. The highest BCUT2D eigenvalue weighted by atomic mass is 16.3. The molecule has 0 fully saturated rings. The smallest absolute Gasteiger partial charge is 0.164 e. The van der Waals surface area contributed by atoms with Crippen LogP contribution >= 0.6 is 0 Å². The average Bonchev–Trinajstić information content (AvgIpc) is 4.06. The SMILES string of the molecule is [B]c1c([B])c([B])c(-c2nc(-c3ccc4c(c3)oc3cccc(-n5c6ccccc6c6ccc7c8ccccc8oc7c65)c34)nc(-c3c([B])c([B])c([B])c(-c4c([B])c([B])c([B])c([B])c4[B])c3[B])n2)c([B])c1[B]. The molecule has 0 aliphatic rings. The zero-order chi connectivity index (χ0) is 49.6. The van der Waals surface area contributed by atoms with Crippen molar-refractivity contribution in [2.45, 2.75) is 0 Å². The molecule has 0 N–H and O–H groups in total. The Morgan fingerprint density at radius 1 is 0.338 bits per heavy atom. The number of para-hydroxylation sites is 2. The van der Waals surface area contributed by atoms with Crippen LogP contribution in [0.25, 0.3) is 117 Å². The van der Waals surface area contributed by atoms with Gasteiger partial charge >= 0.3 is 0 Å². The Balaban J connectivity index is 1.11. The largest absolute Gasteiger partial charge is 0.456 e. The Hall–Kier alpha value is -6.92. The number of benzene rings is 8. The Morgan fingerprint density at radius 3 is 1.46 bits per heavy atom. The molecule has 0 atom stereocenters. The number of hydrogen-bond acceptors (Lipinski definition) is 5. The van der Waals surface area contributed by atoms with Crippen molar-refractivity contribution in [3.05, 3.63) is 97.1 Å². The predicted molar refractivity (Wildman–Crippen MR) is 306 cm³/mol. The quantitative estimate of drug-likeness (QED) is 0.169. The molecular formula is C51H16B14N4O2. The lowest BCUT2D eigenvalue weighted by atomic mass is 9.56. The summed E-state index contributed by atoms with van der Waals surface area (Å²) in [6.07, 6.45) is 0. The highest BCUT2D eigenvalue weighted by Gasteiger charge is 2.26. The van der Waals surface area contributed by atoms with Crippen LogP contribution in [-0.4, -0.2) is 129 Å². The van der Waals surface area contributed by atoms with E-state index in [1.165, 1.54) is 0 Å². The molecule has 0 spiro atoms. The summed E-state index contributed by atoms with van der Waals surface area (Å²) in [5.74, 6) is -0.0975. The molecule has 0 unspecified atom stereocenters. The van der Waals surface area contributed by atoms with Crippen molar-refractivity contribution in [3.63, 3.8) is 0 Å². The molecule has 0 amide bonds. The molecule has 4 heterocycles. The lowest BCUT2D eigenvalue weighted by Gasteiger charge is -2.28. The van der Waals surface area contributed by atoms with Gasteiger partial charge in [-0.25, -0.2) is 15.0 Å².